The molecular formula is C28H22BrFO2. The van der Waals surface area contributed by atoms with Crippen LogP contribution in [0.1, 0.15) is 39.8 Å². The minimum Gasteiger partial charge on any atom is -0.489 e. The molecule has 5 rings (SSSR count). The van der Waals surface area contributed by atoms with E-state index in [-0.39, 0.29) is 17.8 Å². The third-order valence-electron chi connectivity index (χ3n) is 5.85. The van der Waals surface area contributed by atoms with E-state index in [2.05, 4.69) is 52.3 Å². The van der Waals surface area contributed by atoms with Crippen LogP contribution in [0.2, 0.25) is 0 Å². The molecule has 4 aromatic carbocycles. The Morgan fingerprint density at radius 1 is 0.844 bits per heavy atom. The van der Waals surface area contributed by atoms with Crippen LogP contribution in [0.5, 0.6) is 5.75 Å². The molecule has 1 heterocycles. The highest BCUT2D eigenvalue weighted by Gasteiger charge is 2.33. The van der Waals surface area contributed by atoms with Crippen molar-refractivity contribution in [2.45, 2.75) is 25.2 Å². The topological polar surface area (TPSA) is 18.5 Å². The van der Waals surface area contributed by atoms with Crippen molar-refractivity contribution < 1.29 is 13.9 Å². The SMILES string of the molecule is Fc1ccc([C@@H]2OCc3cc(OCc4ccccc4)ccc3[C@@H]2c2ccc(Br)cc2)cc1. The lowest BCUT2D eigenvalue weighted by Crippen LogP contribution is -2.22. The normalized spacial score (nSPS) is 17.6. The number of hydrogen-bond donors (Lipinski definition) is 0. The van der Waals surface area contributed by atoms with Gasteiger partial charge in [0.1, 0.15) is 18.2 Å². The second kappa shape index (κ2) is 9.27. The summed E-state index contributed by atoms with van der Waals surface area (Å²) in [6, 6.07) is 31.3. The first-order valence-corrected chi connectivity index (χ1v) is 11.4. The largest absolute Gasteiger partial charge is 0.489 e. The number of halogens is 2. The standard InChI is InChI=1S/C28H22BrFO2/c29-23-10-6-20(7-11-23)27-26-15-14-25(31-17-19-4-2-1-3-5-19)16-22(26)18-32-28(27)21-8-12-24(30)13-9-21/h1-16,27-28H,17-18H2/t27-,28-/m0/s1. The van der Waals surface area contributed by atoms with Gasteiger partial charge in [-0.25, -0.2) is 4.39 Å². The zero-order chi connectivity index (χ0) is 21.9. The number of fused-ring (bicyclic) bond motifs is 1. The first kappa shape index (κ1) is 20.9. The Labute approximate surface area is 195 Å². The maximum absolute atomic E-state index is 13.5. The van der Waals surface area contributed by atoms with Crippen LogP contribution in [0, 0.1) is 5.82 Å². The van der Waals surface area contributed by atoms with E-state index in [0.29, 0.717) is 13.2 Å². The van der Waals surface area contributed by atoms with Crippen molar-refractivity contribution in [2.24, 2.45) is 0 Å². The van der Waals surface area contributed by atoms with E-state index in [4.69, 9.17) is 9.47 Å². The summed E-state index contributed by atoms with van der Waals surface area (Å²) in [6.45, 7) is 1.00. The third-order valence-corrected chi connectivity index (χ3v) is 6.38. The molecule has 1 aliphatic rings. The molecule has 0 fully saturated rings. The molecule has 2 atom stereocenters. The maximum atomic E-state index is 13.5. The molecule has 0 N–H and O–H groups in total. The Hall–Kier alpha value is -2.95. The van der Waals surface area contributed by atoms with E-state index in [0.717, 1.165) is 32.5 Å². The molecule has 0 bridgehead atoms. The van der Waals surface area contributed by atoms with Crippen LogP contribution < -0.4 is 4.74 Å². The molecule has 32 heavy (non-hydrogen) atoms. The lowest BCUT2D eigenvalue weighted by Gasteiger charge is -2.35. The Morgan fingerprint density at radius 3 is 2.31 bits per heavy atom. The number of ether oxygens (including phenoxy) is 2. The summed E-state index contributed by atoms with van der Waals surface area (Å²) >= 11 is 3.53. The molecule has 0 saturated heterocycles. The monoisotopic (exact) mass is 488 g/mol. The van der Waals surface area contributed by atoms with E-state index in [9.17, 15) is 4.39 Å². The average molecular weight is 489 g/mol. The van der Waals surface area contributed by atoms with Gasteiger partial charge in [-0.05, 0) is 64.2 Å². The van der Waals surface area contributed by atoms with Crippen molar-refractivity contribution >= 4 is 15.9 Å². The average Bonchev–Trinajstić information content (AvgIpc) is 2.84. The van der Waals surface area contributed by atoms with E-state index >= 15 is 0 Å². The van der Waals surface area contributed by atoms with Crippen molar-refractivity contribution in [3.63, 3.8) is 0 Å². The molecule has 0 saturated carbocycles. The molecule has 0 radical (unpaired) electrons. The zero-order valence-corrected chi connectivity index (χ0v) is 19.0. The second-order valence-electron chi connectivity index (χ2n) is 7.95. The summed E-state index contributed by atoms with van der Waals surface area (Å²) < 4.78 is 27.0. The summed E-state index contributed by atoms with van der Waals surface area (Å²) in [4.78, 5) is 0. The molecule has 160 valence electrons. The van der Waals surface area contributed by atoms with Crippen molar-refractivity contribution in [2.75, 3.05) is 0 Å². The smallest absolute Gasteiger partial charge is 0.123 e. The lowest BCUT2D eigenvalue weighted by atomic mass is 9.80. The highest BCUT2D eigenvalue weighted by atomic mass is 79.9. The van der Waals surface area contributed by atoms with Crippen molar-refractivity contribution in [1.82, 2.24) is 0 Å². The molecule has 0 unspecified atom stereocenters. The van der Waals surface area contributed by atoms with Gasteiger partial charge in [0.25, 0.3) is 0 Å². The summed E-state index contributed by atoms with van der Waals surface area (Å²) in [6.07, 6.45) is -0.194. The van der Waals surface area contributed by atoms with Crippen molar-refractivity contribution in [1.29, 1.82) is 0 Å². The number of hydrogen-bond acceptors (Lipinski definition) is 2. The summed E-state index contributed by atoms with van der Waals surface area (Å²) in [5.41, 5.74) is 5.57. The van der Waals surface area contributed by atoms with Crippen LogP contribution in [0.3, 0.4) is 0 Å². The minimum absolute atomic E-state index is 0.000449. The molecule has 4 aromatic rings. The molecule has 4 heteroatoms. The van der Waals surface area contributed by atoms with Crippen molar-refractivity contribution in [3.05, 3.63) is 135 Å². The summed E-state index contributed by atoms with van der Waals surface area (Å²) in [7, 11) is 0. The van der Waals surface area contributed by atoms with Crippen LogP contribution in [-0.2, 0) is 18.0 Å². The molecule has 0 aliphatic carbocycles. The summed E-state index contributed by atoms with van der Waals surface area (Å²) in [5, 5.41) is 0. The van der Waals surface area contributed by atoms with Gasteiger partial charge in [0, 0.05) is 10.4 Å². The fraction of sp³-hybridized carbons (Fsp3) is 0.143. The Morgan fingerprint density at radius 2 is 1.56 bits per heavy atom. The fourth-order valence-electron chi connectivity index (χ4n) is 4.25. The van der Waals surface area contributed by atoms with Gasteiger partial charge in [0.2, 0.25) is 0 Å². The number of rotatable bonds is 5. The molecule has 2 nitrogen and oxygen atoms in total. The van der Waals surface area contributed by atoms with Gasteiger partial charge in [-0.2, -0.15) is 0 Å². The van der Waals surface area contributed by atoms with E-state index in [1.54, 1.807) is 0 Å². The van der Waals surface area contributed by atoms with Gasteiger partial charge in [0.15, 0.2) is 0 Å². The van der Waals surface area contributed by atoms with Gasteiger partial charge in [0.05, 0.1) is 12.7 Å². The predicted molar refractivity (Wildman–Crippen MR) is 127 cm³/mol. The van der Waals surface area contributed by atoms with Crippen LogP contribution in [-0.4, -0.2) is 0 Å². The summed E-state index contributed by atoms with van der Waals surface area (Å²) in [5.74, 6) is 0.580. The highest BCUT2D eigenvalue weighted by molar-refractivity contribution is 9.10. The van der Waals surface area contributed by atoms with Gasteiger partial charge < -0.3 is 9.47 Å². The van der Waals surface area contributed by atoms with Crippen molar-refractivity contribution in [3.8, 4) is 5.75 Å². The Kier molecular flexibility index (Phi) is 6.06. The van der Waals surface area contributed by atoms with Crippen LogP contribution in [0.4, 0.5) is 4.39 Å². The van der Waals surface area contributed by atoms with Gasteiger partial charge in [-0.3, -0.25) is 0 Å². The molecule has 0 amide bonds. The van der Waals surface area contributed by atoms with Gasteiger partial charge in [-0.15, -0.1) is 0 Å². The minimum atomic E-state index is -0.245. The molecule has 0 spiro atoms. The van der Waals surface area contributed by atoms with E-state index in [1.165, 1.54) is 17.7 Å². The van der Waals surface area contributed by atoms with Crippen LogP contribution in [0.15, 0.2) is 102 Å². The Bertz CT molecular complexity index is 1190. The van der Waals surface area contributed by atoms with Crippen LogP contribution >= 0.6 is 15.9 Å². The maximum Gasteiger partial charge on any atom is 0.123 e. The first-order chi connectivity index (χ1) is 15.7. The zero-order valence-electron chi connectivity index (χ0n) is 17.4. The van der Waals surface area contributed by atoms with E-state index < -0.39 is 0 Å². The van der Waals surface area contributed by atoms with E-state index in [1.807, 2.05) is 48.5 Å². The molecular weight excluding hydrogens is 467 g/mol. The van der Waals surface area contributed by atoms with Gasteiger partial charge >= 0.3 is 0 Å². The lowest BCUT2D eigenvalue weighted by molar-refractivity contribution is 0.0147. The first-order valence-electron chi connectivity index (χ1n) is 10.6. The second-order valence-corrected chi connectivity index (χ2v) is 8.86. The molecule has 1 aliphatic heterocycles. The Balaban J connectivity index is 1.48. The predicted octanol–water partition coefficient (Wildman–Crippen LogP) is 7.57. The van der Waals surface area contributed by atoms with Crippen LogP contribution in [0.25, 0.3) is 0 Å². The fourth-order valence-corrected chi connectivity index (χ4v) is 4.51. The quantitative estimate of drug-likeness (QED) is 0.288. The van der Waals surface area contributed by atoms with Gasteiger partial charge in [-0.1, -0.05) is 76.6 Å². The number of benzene rings is 4. The molecule has 0 aromatic heterocycles. The highest BCUT2D eigenvalue weighted by Crippen LogP contribution is 2.45. The third kappa shape index (κ3) is 4.47.